The molecule has 1 aliphatic rings. The van der Waals surface area contributed by atoms with Gasteiger partial charge in [-0.3, -0.25) is 15.0 Å². The molecule has 23 heavy (non-hydrogen) atoms. The third-order valence-corrected chi connectivity index (χ3v) is 4.00. The minimum absolute atomic E-state index is 0. The number of nitrogens with zero attached hydrogens (tertiary/aromatic N) is 2. The van der Waals surface area contributed by atoms with Crippen LogP contribution >= 0.6 is 12.4 Å². The Balaban J connectivity index is 0.00000264. The molecule has 1 saturated heterocycles. The number of nitrogens with one attached hydrogen (secondary N) is 2. The van der Waals surface area contributed by atoms with E-state index in [9.17, 15) is 4.79 Å². The molecule has 1 atom stereocenters. The lowest BCUT2D eigenvalue weighted by atomic mass is 9.92. The van der Waals surface area contributed by atoms with Crippen molar-refractivity contribution in [3.05, 3.63) is 11.8 Å². The second-order valence-corrected chi connectivity index (χ2v) is 7.18. The molecule has 2 heterocycles. The van der Waals surface area contributed by atoms with Crippen LogP contribution in [0.15, 0.2) is 10.6 Å². The van der Waals surface area contributed by atoms with Crippen LogP contribution in [0.4, 0.5) is 5.88 Å². The molecule has 2 rings (SSSR count). The van der Waals surface area contributed by atoms with Crippen molar-refractivity contribution >= 4 is 24.2 Å². The van der Waals surface area contributed by atoms with Crippen LogP contribution < -0.4 is 10.6 Å². The molecule has 0 bridgehead atoms. The van der Waals surface area contributed by atoms with Gasteiger partial charge in [-0.05, 0) is 38.9 Å². The van der Waals surface area contributed by atoms with Crippen molar-refractivity contribution in [3.8, 4) is 0 Å². The van der Waals surface area contributed by atoms with Crippen LogP contribution in [0.1, 0.15) is 39.3 Å². The van der Waals surface area contributed by atoms with Crippen LogP contribution in [0.3, 0.4) is 0 Å². The molecule has 1 aromatic rings. The van der Waals surface area contributed by atoms with E-state index < -0.39 is 0 Å². The fraction of sp³-hybridized carbons (Fsp3) is 0.750. The van der Waals surface area contributed by atoms with E-state index in [0.29, 0.717) is 18.3 Å². The molecule has 1 fully saturated rings. The van der Waals surface area contributed by atoms with E-state index in [4.69, 9.17) is 4.52 Å². The molecular weight excluding hydrogens is 316 g/mol. The number of rotatable bonds is 5. The van der Waals surface area contributed by atoms with Crippen molar-refractivity contribution in [2.75, 3.05) is 38.5 Å². The molecule has 1 aromatic heterocycles. The first-order chi connectivity index (χ1) is 10.4. The third kappa shape index (κ3) is 6.12. The molecule has 2 N–H and O–H groups in total. The lowest BCUT2D eigenvalue weighted by Gasteiger charge is -2.31. The maximum atomic E-state index is 12.1. The molecule has 1 aliphatic heterocycles. The summed E-state index contributed by atoms with van der Waals surface area (Å²) in [5.41, 5.74) is 0.759. The number of halogens is 1. The number of aromatic nitrogens is 1. The van der Waals surface area contributed by atoms with E-state index in [0.717, 1.165) is 31.7 Å². The zero-order valence-corrected chi connectivity index (χ0v) is 15.3. The van der Waals surface area contributed by atoms with Gasteiger partial charge >= 0.3 is 0 Å². The second-order valence-electron chi connectivity index (χ2n) is 7.18. The molecule has 0 radical (unpaired) electrons. The van der Waals surface area contributed by atoms with Gasteiger partial charge in [0.1, 0.15) is 0 Å². The number of hydrogen-bond donors (Lipinski definition) is 2. The minimum atomic E-state index is -0.0836. The molecule has 0 saturated carbocycles. The molecule has 7 heteroatoms. The van der Waals surface area contributed by atoms with Crippen LogP contribution in [0.5, 0.6) is 0 Å². The predicted octanol–water partition coefficient (Wildman–Crippen LogP) is 2.26. The molecule has 0 spiro atoms. The minimum Gasteiger partial charge on any atom is -0.338 e. The molecule has 1 amide bonds. The van der Waals surface area contributed by atoms with Crippen LogP contribution in [0.25, 0.3) is 0 Å². The maximum absolute atomic E-state index is 12.1. The van der Waals surface area contributed by atoms with Crippen molar-refractivity contribution in [2.24, 2.45) is 5.92 Å². The molecule has 6 nitrogen and oxygen atoms in total. The normalized spacial score (nSPS) is 19.2. The Kier molecular flexibility index (Phi) is 7.51. The van der Waals surface area contributed by atoms with Gasteiger partial charge < -0.3 is 9.84 Å². The van der Waals surface area contributed by atoms with Gasteiger partial charge in [0.2, 0.25) is 11.8 Å². The molecular formula is C16H29ClN4O2. The van der Waals surface area contributed by atoms with E-state index in [2.05, 4.69) is 41.5 Å². The van der Waals surface area contributed by atoms with Gasteiger partial charge in [-0.2, -0.15) is 0 Å². The van der Waals surface area contributed by atoms with Crippen molar-refractivity contribution in [1.29, 1.82) is 0 Å². The third-order valence-electron chi connectivity index (χ3n) is 4.00. The van der Waals surface area contributed by atoms with Gasteiger partial charge in [0.15, 0.2) is 0 Å². The molecule has 1 unspecified atom stereocenters. The number of piperidine rings is 1. The van der Waals surface area contributed by atoms with Gasteiger partial charge in [-0.1, -0.05) is 25.9 Å². The summed E-state index contributed by atoms with van der Waals surface area (Å²) in [7, 11) is 1.97. The summed E-state index contributed by atoms with van der Waals surface area (Å²) in [6, 6.07) is 1.80. The number of carbonyl (C=O) groups is 1. The molecule has 0 aliphatic carbocycles. The lowest BCUT2D eigenvalue weighted by Crippen LogP contribution is -2.42. The average Bonchev–Trinajstić information content (AvgIpc) is 2.87. The van der Waals surface area contributed by atoms with Gasteiger partial charge in [0.05, 0.1) is 12.2 Å². The van der Waals surface area contributed by atoms with Gasteiger partial charge in [-0.15, -0.1) is 12.4 Å². The highest BCUT2D eigenvalue weighted by Gasteiger charge is 2.23. The smallest absolute Gasteiger partial charge is 0.240 e. The average molecular weight is 345 g/mol. The van der Waals surface area contributed by atoms with Crippen LogP contribution in [-0.2, 0) is 10.2 Å². The SMILES string of the molecule is CNCC1CCCN(CC(=O)Nc2cc(C(C)(C)C)no2)C1.Cl. The Labute approximate surface area is 144 Å². The zero-order chi connectivity index (χ0) is 16.2. The summed E-state index contributed by atoms with van der Waals surface area (Å²) in [4.78, 5) is 14.4. The van der Waals surface area contributed by atoms with E-state index in [1.807, 2.05) is 7.05 Å². The number of carbonyl (C=O) groups excluding carboxylic acids is 1. The van der Waals surface area contributed by atoms with Gasteiger partial charge in [0.25, 0.3) is 0 Å². The lowest BCUT2D eigenvalue weighted by molar-refractivity contribution is -0.117. The van der Waals surface area contributed by atoms with Crippen LogP contribution in [0.2, 0.25) is 0 Å². The second kappa shape index (κ2) is 8.66. The fourth-order valence-electron chi connectivity index (χ4n) is 2.82. The van der Waals surface area contributed by atoms with E-state index >= 15 is 0 Å². The standard InChI is InChI=1S/C16H28N4O2.ClH/c1-16(2,3)13-8-15(22-19-13)18-14(21)11-20-7-5-6-12(10-20)9-17-4;/h8,12,17H,5-7,9-11H2,1-4H3,(H,18,21);1H. The van der Waals surface area contributed by atoms with Crippen LogP contribution in [0, 0.1) is 5.92 Å². The van der Waals surface area contributed by atoms with Crippen molar-refractivity contribution < 1.29 is 9.32 Å². The topological polar surface area (TPSA) is 70.4 Å². The fourth-order valence-corrected chi connectivity index (χ4v) is 2.82. The quantitative estimate of drug-likeness (QED) is 0.857. The maximum Gasteiger partial charge on any atom is 0.240 e. The van der Waals surface area contributed by atoms with Crippen molar-refractivity contribution in [3.63, 3.8) is 0 Å². The Morgan fingerprint density at radius 3 is 2.83 bits per heavy atom. The predicted molar refractivity (Wildman–Crippen MR) is 94.2 cm³/mol. The molecule has 0 aromatic carbocycles. The summed E-state index contributed by atoms with van der Waals surface area (Å²) in [6.07, 6.45) is 2.38. The van der Waals surface area contributed by atoms with E-state index in [1.165, 1.54) is 6.42 Å². The first-order valence-corrected chi connectivity index (χ1v) is 8.02. The summed E-state index contributed by atoms with van der Waals surface area (Å²) in [5, 5.41) is 10.0. The first-order valence-electron chi connectivity index (χ1n) is 8.02. The Hall–Kier alpha value is -1.11. The van der Waals surface area contributed by atoms with Crippen molar-refractivity contribution in [1.82, 2.24) is 15.4 Å². The Bertz CT molecular complexity index is 497. The van der Waals surface area contributed by atoms with E-state index in [1.54, 1.807) is 6.07 Å². The summed E-state index contributed by atoms with van der Waals surface area (Å²) < 4.78 is 5.20. The van der Waals surface area contributed by atoms with E-state index in [-0.39, 0.29) is 23.7 Å². The first kappa shape index (κ1) is 19.9. The summed E-state index contributed by atoms with van der Waals surface area (Å²) in [6.45, 7) is 9.56. The summed E-state index contributed by atoms with van der Waals surface area (Å²) >= 11 is 0. The van der Waals surface area contributed by atoms with Crippen molar-refractivity contribution in [2.45, 2.75) is 39.0 Å². The van der Waals surface area contributed by atoms with Gasteiger partial charge in [-0.25, -0.2) is 0 Å². The number of amides is 1. The number of anilines is 1. The monoisotopic (exact) mass is 344 g/mol. The van der Waals surface area contributed by atoms with Crippen LogP contribution in [-0.4, -0.2) is 49.2 Å². The highest BCUT2D eigenvalue weighted by Crippen LogP contribution is 2.23. The highest BCUT2D eigenvalue weighted by molar-refractivity contribution is 5.91. The number of likely N-dealkylation sites (tertiary alicyclic amines) is 1. The Morgan fingerprint density at radius 2 is 2.22 bits per heavy atom. The molecule has 132 valence electrons. The highest BCUT2D eigenvalue weighted by atomic mass is 35.5. The van der Waals surface area contributed by atoms with Gasteiger partial charge in [0, 0.05) is 18.0 Å². The zero-order valence-electron chi connectivity index (χ0n) is 14.5. The largest absolute Gasteiger partial charge is 0.338 e. The Morgan fingerprint density at radius 1 is 1.48 bits per heavy atom. The number of hydrogen-bond acceptors (Lipinski definition) is 5. The summed E-state index contributed by atoms with van der Waals surface area (Å²) in [5.74, 6) is 1.02.